The largest absolute Gasteiger partial charge is 0.334 e. The number of nitrogens with one attached hydrogen (secondary N) is 2. The molecule has 6 nitrogen and oxygen atoms in total. The number of nitrogens with zero attached hydrogens (tertiary/aromatic N) is 1. The zero-order chi connectivity index (χ0) is 16.9. The van der Waals surface area contributed by atoms with Gasteiger partial charge in [0.1, 0.15) is 0 Å². The molecule has 1 aromatic carbocycles. The van der Waals surface area contributed by atoms with Gasteiger partial charge in [-0.3, -0.25) is 14.5 Å². The molecule has 0 unspecified atom stereocenters. The zero-order valence-electron chi connectivity index (χ0n) is 13.4. The van der Waals surface area contributed by atoms with Crippen LogP contribution >= 0.6 is 11.8 Å². The topological polar surface area (TPSA) is 78.5 Å². The molecule has 1 aliphatic heterocycles. The summed E-state index contributed by atoms with van der Waals surface area (Å²) in [6, 6.07) is 9.01. The van der Waals surface area contributed by atoms with E-state index in [0.29, 0.717) is 6.54 Å². The molecule has 2 N–H and O–H groups in total. The summed E-state index contributed by atoms with van der Waals surface area (Å²) in [5, 5.41) is 5.60. The highest BCUT2D eigenvalue weighted by atomic mass is 32.2. The van der Waals surface area contributed by atoms with Crippen molar-refractivity contribution in [3.8, 4) is 0 Å². The Balaban J connectivity index is 1.58. The molecule has 1 aromatic rings. The molecule has 7 heteroatoms. The molecule has 2 atom stereocenters. The van der Waals surface area contributed by atoms with Crippen LogP contribution in [-0.2, 0) is 11.3 Å². The third kappa shape index (κ3) is 3.90. The fourth-order valence-corrected chi connectivity index (χ4v) is 4.03. The van der Waals surface area contributed by atoms with Crippen molar-refractivity contribution in [2.24, 2.45) is 0 Å². The van der Waals surface area contributed by atoms with Gasteiger partial charge in [-0.25, -0.2) is 4.79 Å². The summed E-state index contributed by atoms with van der Waals surface area (Å²) in [4.78, 5) is 37.5. The smallest absolute Gasteiger partial charge is 0.315 e. The van der Waals surface area contributed by atoms with Crippen LogP contribution in [0.25, 0.3) is 0 Å². The van der Waals surface area contributed by atoms with Crippen molar-refractivity contribution in [1.29, 1.82) is 0 Å². The quantitative estimate of drug-likeness (QED) is 0.877. The normalized spacial score (nSPS) is 24.1. The first-order chi connectivity index (χ1) is 11.6. The lowest BCUT2D eigenvalue weighted by molar-refractivity contribution is -0.127. The van der Waals surface area contributed by atoms with Gasteiger partial charge in [-0.15, -0.1) is 0 Å². The van der Waals surface area contributed by atoms with Gasteiger partial charge in [0.2, 0.25) is 5.91 Å². The summed E-state index contributed by atoms with van der Waals surface area (Å²) in [5.41, 5.74) is 1.02. The number of hydrogen-bond acceptors (Lipinski definition) is 4. The predicted molar refractivity (Wildman–Crippen MR) is 92.6 cm³/mol. The Hall–Kier alpha value is -2.02. The van der Waals surface area contributed by atoms with Gasteiger partial charge in [-0.05, 0) is 18.4 Å². The Morgan fingerprint density at radius 3 is 2.62 bits per heavy atom. The predicted octanol–water partition coefficient (Wildman–Crippen LogP) is 2.49. The van der Waals surface area contributed by atoms with Crippen molar-refractivity contribution < 1.29 is 14.4 Å². The van der Waals surface area contributed by atoms with Crippen molar-refractivity contribution in [3.63, 3.8) is 0 Å². The molecule has 24 heavy (non-hydrogen) atoms. The van der Waals surface area contributed by atoms with Gasteiger partial charge in [-0.1, -0.05) is 54.9 Å². The molecule has 2 aliphatic rings. The van der Waals surface area contributed by atoms with Crippen LogP contribution in [0.3, 0.4) is 0 Å². The van der Waals surface area contributed by atoms with Crippen molar-refractivity contribution >= 4 is 28.9 Å². The van der Waals surface area contributed by atoms with Gasteiger partial charge in [0.15, 0.2) is 0 Å². The van der Waals surface area contributed by atoms with E-state index in [1.807, 2.05) is 30.3 Å². The highest BCUT2D eigenvalue weighted by molar-refractivity contribution is 8.14. The molecular formula is C17H21N3O3S. The van der Waals surface area contributed by atoms with Crippen LogP contribution in [0.1, 0.15) is 31.2 Å². The van der Waals surface area contributed by atoms with Crippen molar-refractivity contribution in [1.82, 2.24) is 15.5 Å². The molecule has 0 bridgehead atoms. The van der Waals surface area contributed by atoms with E-state index in [0.717, 1.165) is 43.0 Å². The van der Waals surface area contributed by atoms with E-state index in [1.54, 1.807) is 0 Å². The monoisotopic (exact) mass is 347 g/mol. The molecule has 1 saturated carbocycles. The summed E-state index contributed by atoms with van der Waals surface area (Å²) >= 11 is 1.04. The van der Waals surface area contributed by atoms with E-state index in [1.165, 1.54) is 4.90 Å². The minimum Gasteiger partial charge on any atom is -0.334 e. The molecule has 4 amide bonds. The first-order valence-corrected chi connectivity index (χ1v) is 9.21. The number of amides is 4. The van der Waals surface area contributed by atoms with E-state index in [4.69, 9.17) is 0 Å². The molecule has 1 heterocycles. The summed E-state index contributed by atoms with van der Waals surface area (Å²) in [7, 11) is 0. The molecule has 128 valence electrons. The van der Waals surface area contributed by atoms with E-state index in [-0.39, 0.29) is 35.0 Å². The van der Waals surface area contributed by atoms with E-state index in [9.17, 15) is 14.4 Å². The third-order valence-electron chi connectivity index (χ3n) is 4.46. The van der Waals surface area contributed by atoms with Gasteiger partial charge in [0.25, 0.3) is 5.24 Å². The van der Waals surface area contributed by atoms with Gasteiger partial charge < -0.3 is 10.6 Å². The number of hydrogen-bond donors (Lipinski definition) is 2. The SMILES string of the molecule is O=C(NCc1ccccc1)N[C@@H]1CCCC[C@H]1N1C(=O)CSC1=O. The van der Waals surface area contributed by atoms with E-state index < -0.39 is 0 Å². The Morgan fingerprint density at radius 2 is 1.92 bits per heavy atom. The fraction of sp³-hybridized carbons (Fsp3) is 0.471. The Kier molecular flexibility index (Phi) is 5.40. The number of carbonyl (C=O) groups excluding carboxylic acids is 3. The second-order valence-electron chi connectivity index (χ2n) is 6.09. The maximum atomic E-state index is 12.2. The van der Waals surface area contributed by atoms with E-state index >= 15 is 0 Å². The molecular weight excluding hydrogens is 326 g/mol. The maximum Gasteiger partial charge on any atom is 0.315 e. The zero-order valence-corrected chi connectivity index (χ0v) is 14.2. The molecule has 0 spiro atoms. The number of imide groups is 1. The lowest BCUT2D eigenvalue weighted by atomic mass is 9.89. The number of benzene rings is 1. The Bertz CT molecular complexity index is 607. The number of urea groups is 1. The van der Waals surface area contributed by atoms with Crippen LogP contribution in [0.4, 0.5) is 9.59 Å². The minimum atomic E-state index is -0.262. The lowest BCUT2D eigenvalue weighted by Crippen LogP contribution is -2.56. The summed E-state index contributed by atoms with van der Waals surface area (Å²) in [6.07, 6.45) is 3.49. The van der Waals surface area contributed by atoms with Crippen LogP contribution < -0.4 is 10.6 Å². The number of thioether (sulfide) groups is 1. The van der Waals surface area contributed by atoms with Crippen molar-refractivity contribution in [2.75, 3.05) is 5.75 Å². The molecule has 0 radical (unpaired) electrons. The molecule has 0 aromatic heterocycles. The van der Waals surface area contributed by atoms with Crippen LogP contribution in [0.2, 0.25) is 0 Å². The summed E-state index contributed by atoms with van der Waals surface area (Å²) < 4.78 is 0. The molecule has 3 rings (SSSR count). The number of rotatable bonds is 4. The fourth-order valence-electron chi connectivity index (χ4n) is 3.27. The highest BCUT2D eigenvalue weighted by Crippen LogP contribution is 2.30. The highest BCUT2D eigenvalue weighted by Gasteiger charge is 2.41. The average Bonchev–Trinajstić information content (AvgIpc) is 2.93. The van der Waals surface area contributed by atoms with Gasteiger partial charge in [0.05, 0.1) is 17.8 Å². The van der Waals surface area contributed by atoms with Crippen LogP contribution in [0.15, 0.2) is 30.3 Å². The van der Waals surface area contributed by atoms with Crippen LogP contribution in [-0.4, -0.2) is 39.9 Å². The van der Waals surface area contributed by atoms with Gasteiger partial charge in [-0.2, -0.15) is 0 Å². The first-order valence-electron chi connectivity index (χ1n) is 8.22. The van der Waals surface area contributed by atoms with Crippen molar-refractivity contribution in [2.45, 2.75) is 44.3 Å². The first kappa shape index (κ1) is 16.8. The van der Waals surface area contributed by atoms with Crippen molar-refractivity contribution in [3.05, 3.63) is 35.9 Å². The summed E-state index contributed by atoms with van der Waals surface area (Å²) in [6.45, 7) is 0.446. The second-order valence-corrected chi connectivity index (χ2v) is 7.02. The number of carbonyl (C=O) groups is 3. The second kappa shape index (κ2) is 7.70. The van der Waals surface area contributed by atoms with Crippen LogP contribution in [0, 0.1) is 0 Å². The van der Waals surface area contributed by atoms with Crippen LogP contribution in [0.5, 0.6) is 0 Å². The standard InChI is InChI=1S/C17H21N3O3S/c21-15-11-24-17(23)20(15)14-9-5-4-8-13(14)19-16(22)18-10-12-6-2-1-3-7-12/h1-3,6-7,13-14H,4-5,8-11H2,(H2,18,19,22)/t13-,14-/m1/s1. The minimum absolute atomic E-state index is 0.145. The van der Waals surface area contributed by atoms with E-state index in [2.05, 4.69) is 10.6 Å². The Morgan fingerprint density at radius 1 is 1.17 bits per heavy atom. The third-order valence-corrected chi connectivity index (χ3v) is 5.29. The Labute approximate surface area is 145 Å². The molecule has 1 aliphatic carbocycles. The maximum absolute atomic E-state index is 12.2. The van der Waals surface area contributed by atoms with Gasteiger partial charge in [0, 0.05) is 6.54 Å². The average molecular weight is 347 g/mol. The van der Waals surface area contributed by atoms with Gasteiger partial charge >= 0.3 is 6.03 Å². The summed E-state index contributed by atoms with van der Waals surface area (Å²) in [5.74, 6) is 0.0656. The molecule has 2 fully saturated rings. The lowest BCUT2D eigenvalue weighted by Gasteiger charge is -2.36. The molecule has 1 saturated heterocycles.